The van der Waals surface area contributed by atoms with Crippen LogP contribution in [0.3, 0.4) is 0 Å². The number of benzene rings is 1. The largest absolute Gasteiger partial charge is 0.354 e. The van der Waals surface area contributed by atoms with Gasteiger partial charge in [0.1, 0.15) is 5.82 Å². The summed E-state index contributed by atoms with van der Waals surface area (Å²) in [5, 5.41) is 6.45. The van der Waals surface area contributed by atoms with Gasteiger partial charge in [-0.2, -0.15) is 4.98 Å². The number of hydrogen-bond donors (Lipinski definition) is 4. The molecule has 1 spiro atoms. The van der Waals surface area contributed by atoms with Crippen LogP contribution in [0.4, 0.5) is 10.6 Å². The molecule has 1 unspecified atom stereocenters. The fourth-order valence-corrected chi connectivity index (χ4v) is 6.47. The van der Waals surface area contributed by atoms with Gasteiger partial charge in [-0.1, -0.05) is 12.1 Å². The quantitative estimate of drug-likeness (QED) is 0.386. The highest BCUT2D eigenvalue weighted by molar-refractivity contribution is 5.89. The van der Waals surface area contributed by atoms with Gasteiger partial charge in [0.25, 0.3) is 0 Å². The Morgan fingerprint density at radius 3 is 2.22 bits per heavy atom. The number of halogens is 1. The molecular weight excluding hydrogens is 544 g/mol. The lowest BCUT2D eigenvalue weighted by atomic mass is 9.52. The SMILES string of the molecule is CC(Cc1ccc(-n2ccc(NC(=O)N3CCN(C(=O)C(C)(C)N)CC3)nc2=O)cc1)NC1CC2(CC(N)C2)C1.Cl. The van der Waals surface area contributed by atoms with Gasteiger partial charge in [0.15, 0.2) is 0 Å². The van der Waals surface area contributed by atoms with Gasteiger partial charge in [0, 0.05) is 50.5 Å². The number of piperazine rings is 1. The summed E-state index contributed by atoms with van der Waals surface area (Å²) in [6, 6.07) is 10.5. The molecule has 0 radical (unpaired) electrons. The van der Waals surface area contributed by atoms with Gasteiger partial charge in [-0.05, 0) is 82.1 Å². The molecule has 5 rings (SSSR count). The van der Waals surface area contributed by atoms with Crippen molar-refractivity contribution in [2.24, 2.45) is 16.9 Å². The third-order valence-corrected chi connectivity index (χ3v) is 8.47. The van der Waals surface area contributed by atoms with Gasteiger partial charge in [-0.25, -0.2) is 9.59 Å². The number of aromatic nitrogens is 2. The number of carbonyl (C=O) groups is 2. The van der Waals surface area contributed by atoms with Crippen molar-refractivity contribution in [2.75, 3.05) is 31.5 Å². The van der Waals surface area contributed by atoms with E-state index >= 15 is 0 Å². The van der Waals surface area contributed by atoms with Gasteiger partial charge >= 0.3 is 11.7 Å². The average molecular weight is 587 g/mol. The van der Waals surface area contributed by atoms with Crippen molar-refractivity contribution < 1.29 is 9.59 Å². The number of nitrogens with one attached hydrogen (secondary N) is 2. The molecule has 1 atom stereocenters. The van der Waals surface area contributed by atoms with Crippen LogP contribution >= 0.6 is 12.4 Å². The highest BCUT2D eigenvalue weighted by Gasteiger charge is 2.51. The first-order valence-electron chi connectivity index (χ1n) is 14.3. The van der Waals surface area contributed by atoms with E-state index in [0.717, 1.165) is 6.42 Å². The van der Waals surface area contributed by atoms with E-state index in [-0.39, 0.29) is 30.2 Å². The van der Waals surface area contributed by atoms with E-state index < -0.39 is 11.2 Å². The molecule has 12 heteroatoms. The van der Waals surface area contributed by atoms with Crippen molar-refractivity contribution in [1.29, 1.82) is 0 Å². The molecule has 2 aliphatic carbocycles. The van der Waals surface area contributed by atoms with E-state index in [1.54, 1.807) is 35.9 Å². The first-order chi connectivity index (χ1) is 18.9. The zero-order valence-corrected chi connectivity index (χ0v) is 25.0. The summed E-state index contributed by atoms with van der Waals surface area (Å²) >= 11 is 0. The molecule has 3 amide bonds. The van der Waals surface area contributed by atoms with Crippen LogP contribution in [-0.2, 0) is 11.2 Å². The lowest BCUT2D eigenvalue weighted by molar-refractivity contribution is -0.137. The number of nitrogens with two attached hydrogens (primary N) is 2. The minimum atomic E-state index is -0.946. The number of rotatable bonds is 7. The molecule has 224 valence electrons. The lowest BCUT2D eigenvalue weighted by Crippen LogP contribution is -2.60. The molecule has 11 nitrogen and oxygen atoms in total. The van der Waals surface area contributed by atoms with Crippen molar-refractivity contribution in [3.8, 4) is 5.69 Å². The van der Waals surface area contributed by atoms with Crippen LogP contribution < -0.4 is 27.8 Å². The van der Waals surface area contributed by atoms with E-state index in [1.165, 1.54) is 35.8 Å². The topological polar surface area (TPSA) is 152 Å². The monoisotopic (exact) mass is 586 g/mol. The second-order valence-electron chi connectivity index (χ2n) is 12.6. The van der Waals surface area contributed by atoms with Gasteiger partial charge < -0.3 is 26.6 Å². The van der Waals surface area contributed by atoms with E-state index in [4.69, 9.17) is 11.5 Å². The molecule has 3 aliphatic rings. The smallest absolute Gasteiger partial charge is 0.338 e. The van der Waals surface area contributed by atoms with Crippen molar-refractivity contribution in [3.05, 3.63) is 52.6 Å². The highest BCUT2D eigenvalue weighted by Crippen LogP contribution is 2.55. The molecule has 0 bridgehead atoms. The Labute approximate surface area is 247 Å². The van der Waals surface area contributed by atoms with Crippen LogP contribution in [0, 0.1) is 5.41 Å². The van der Waals surface area contributed by atoms with Crippen molar-refractivity contribution in [2.45, 2.75) is 76.5 Å². The predicted octanol–water partition coefficient (Wildman–Crippen LogP) is 1.86. The Hall–Kier alpha value is -2.99. The highest BCUT2D eigenvalue weighted by atomic mass is 35.5. The average Bonchev–Trinajstić information content (AvgIpc) is 2.86. The minimum Gasteiger partial charge on any atom is -0.338 e. The maximum absolute atomic E-state index is 12.7. The van der Waals surface area contributed by atoms with Gasteiger partial charge in [-0.15, -0.1) is 12.4 Å². The number of urea groups is 1. The Balaban J connectivity index is 0.00000387. The van der Waals surface area contributed by atoms with E-state index in [2.05, 4.69) is 22.5 Å². The molecule has 6 N–H and O–H groups in total. The number of hydrogen-bond acceptors (Lipinski definition) is 7. The molecule has 3 fully saturated rings. The Morgan fingerprint density at radius 1 is 1.05 bits per heavy atom. The van der Waals surface area contributed by atoms with E-state index in [0.29, 0.717) is 55.4 Å². The third-order valence-electron chi connectivity index (χ3n) is 8.47. The number of carbonyl (C=O) groups excluding carboxylic acids is 2. The number of anilines is 1. The van der Waals surface area contributed by atoms with Crippen LogP contribution in [0.5, 0.6) is 0 Å². The predicted molar refractivity (Wildman–Crippen MR) is 161 cm³/mol. The maximum atomic E-state index is 12.7. The molecule has 1 aliphatic heterocycles. The van der Waals surface area contributed by atoms with Gasteiger partial charge in [0.05, 0.1) is 11.2 Å². The zero-order chi connectivity index (χ0) is 28.7. The van der Waals surface area contributed by atoms with Gasteiger partial charge in [0.2, 0.25) is 5.91 Å². The van der Waals surface area contributed by atoms with Crippen molar-refractivity contribution >= 4 is 30.2 Å². The fourth-order valence-electron chi connectivity index (χ4n) is 6.47. The molecule has 1 saturated heterocycles. The third kappa shape index (κ3) is 7.09. The van der Waals surface area contributed by atoms with Crippen molar-refractivity contribution in [3.63, 3.8) is 0 Å². The maximum Gasteiger partial charge on any atom is 0.354 e. The Bertz CT molecular complexity index is 1290. The first kappa shape index (κ1) is 31.0. The molecule has 1 aromatic heterocycles. The Morgan fingerprint density at radius 2 is 1.66 bits per heavy atom. The summed E-state index contributed by atoms with van der Waals surface area (Å²) in [7, 11) is 0. The number of nitrogens with zero attached hydrogens (tertiary/aromatic N) is 4. The minimum absolute atomic E-state index is 0. The molecular formula is C29H43ClN8O3. The van der Waals surface area contributed by atoms with E-state index in [9.17, 15) is 14.4 Å². The summed E-state index contributed by atoms with van der Waals surface area (Å²) < 4.78 is 1.46. The first-order valence-corrected chi connectivity index (χ1v) is 14.3. The summed E-state index contributed by atoms with van der Waals surface area (Å²) in [4.78, 5) is 45.1. The number of amides is 3. The van der Waals surface area contributed by atoms with Crippen LogP contribution in [0.25, 0.3) is 5.69 Å². The fraction of sp³-hybridized carbons (Fsp3) is 0.586. The van der Waals surface area contributed by atoms with Gasteiger partial charge in [-0.3, -0.25) is 14.7 Å². The van der Waals surface area contributed by atoms with Crippen LogP contribution in [0.1, 0.15) is 52.0 Å². The van der Waals surface area contributed by atoms with E-state index in [1.807, 2.05) is 24.3 Å². The summed E-state index contributed by atoms with van der Waals surface area (Å²) in [5.41, 5.74) is 12.9. The zero-order valence-electron chi connectivity index (χ0n) is 24.1. The van der Waals surface area contributed by atoms with Crippen LogP contribution in [0.2, 0.25) is 0 Å². The second kappa shape index (κ2) is 12.1. The van der Waals surface area contributed by atoms with Crippen LogP contribution in [-0.4, -0.2) is 81.1 Å². The molecule has 2 saturated carbocycles. The molecule has 1 aromatic carbocycles. The lowest BCUT2D eigenvalue weighted by Gasteiger charge is -2.57. The normalized spacial score (nSPS) is 24.6. The van der Waals surface area contributed by atoms with Crippen molar-refractivity contribution in [1.82, 2.24) is 24.7 Å². The second-order valence-corrected chi connectivity index (χ2v) is 12.6. The summed E-state index contributed by atoms with van der Waals surface area (Å²) in [6.45, 7) is 7.13. The standard InChI is InChI=1S/C29H42N8O3.ClH/c1-19(32-22-17-29(18-22)15-21(30)16-29)14-20-4-6-23(7-5-20)37-9-8-24(34-27(37)40)33-26(39)36-12-10-35(11-13-36)25(38)28(2,3)31;/h4-9,19,21-22,32H,10-18,30-31H2,1-3H3,(H,33,34,39,40);1H. The Kier molecular flexibility index (Phi) is 9.13. The molecule has 2 aromatic rings. The molecule has 2 heterocycles. The van der Waals surface area contributed by atoms with Crippen LogP contribution in [0.15, 0.2) is 41.3 Å². The summed E-state index contributed by atoms with van der Waals surface area (Å²) in [6.07, 6.45) is 7.36. The summed E-state index contributed by atoms with van der Waals surface area (Å²) in [5.74, 6) is 0.0457. The molecule has 41 heavy (non-hydrogen) atoms.